The summed E-state index contributed by atoms with van der Waals surface area (Å²) in [5, 5.41) is 7.80. The third-order valence-electron chi connectivity index (χ3n) is 3.48. The van der Waals surface area contributed by atoms with E-state index in [9.17, 15) is 0 Å². The smallest absolute Gasteiger partial charge is 0.155 e. The Hall–Kier alpha value is -2.27. The largest absolute Gasteiger partial charge is 0.307 e. The van der Waals surface area contributed by atoms with Gasteiger partial charge in [0.05, 0.1) is 11.4 Å². The van der Waals surface area contributed by atoms with E-state index in [2.05, 4.69) is 33.4 Å². The minimum atomic E-state index is 0.752. The predicted molar refractivity (Wildman–Crippen MR) is 81.9 cm³/mol. The molecule has 0 radical (unpaired) electrons. The van der Waals surface area contributed by atoms with Gasteiger partial charge in [-0.1, -0.05) is 13.0 Å². The van der Waals surface area contributed by atoms with E-state index in [4.69, 9.17) is 0 Å². The fourth-order valence-electron chi connectivity index (χ4n) is 2.40. The number of hydrogen-bond donors (Lipinski definition) is 1. The molecule has 0 bridgehead atoms. The van der Waals surface area contributed by atoms with Crippen LogP contribution >= 0.6 is 0 Å². The lowest BCUT2D eigenvalue weighted by Crippen LogP contribution is -2.15. The predicted octanol–water partition coefficient (Wildman–Crippen LogP) is 2.28. The van der Waals surface area contributed by atoms with Gasteiger partial charge in [0.1, 0.15) is 0 Å². The molecule has 0 aliphatic heterocycles. The standard InChI is InChI=1S/C16H19N5/c1-3-14-5-4-6-18-15(14)10-17-8-13-9-19-16-7-12(2)20-21(16)11-13/h4-7,9,11,17H,3,8,10H2,1-2H3. The molecule has 0 aliphatic rings. The van der Waals surface area contributed by atoms with E-state index in [-0.39, 0.29) is 0 Å². The highest BCUT2D eigenvalue weighted by Crippen LogP contribution is 2.07. The van der Waals surface area contributed by atoms with E-state index in [1.807, 2.05) is 42.2 Å². The zero-order valence-electron chi connectivity index (χ0n) is 12.4. The Labute approximate surface area is 124 Å². The number of hydrogen-bond acceptors (Lipinski definition) is 4. The molecule has 1 N–H and O–H groups in total. The summed E-state index contributed by atoms with van der Waals surface area (Å²) in [6.07, 6.45) is 6.76. The fraction of sp³-hybridized carbons (Fsp3) is 0.312. The van der Waals surface area contributed by atoms with Crippen LogP contribution in [0.1, 0.15) is 29.4 Å². The van der Waals surface area contributed by atoms with Crippen molar-refractivity contribution in [1.29, 1.82) is 0 Å². The van der Waals surface area contributed by atoms with Crippen molar-refractivity contribution < 1.29 is 0 Å². The van der Waals surface area contributed by atoms with Gasteiger partial charge in [-0.25, -0.2) is 9.50 Å². The molecule has 0 atom stereocenters. The van der Waals surface area contributed by atoms with E-state index >= 15 is 0 Å². The molecular weight excluding hydrogens is 262 g/mol. The summed E-state index contributed by atoms with van der Waals surface area (Å²) < 4.78 is 1.82. The zero-order valence-corrected chi connectivity index (χ0v) is 12.4. The molecule has 3 aromatic heterocycles. The molecule has 3 aromatic rings. The highest BCUT2D eigenvalue weighted by molar-refractivity contribution is 5.38. The number of nitrogens with zero attached hydrogens (tertiary/aromatic N) is 4. The summed E-state index contributed by atoms with van der Waals surface area (Å²) in [5.41, 5.74) is 5.38. The van der Waals surface area contributed by atoms with Gasteiger partial charge in [0.15, 0.2) is 5.65 Å². The van der Waals surface area contributed by atoms with Crippen LogP contribution in [0.25, 0.3) is 5.65 Å². The molecule has 0 fully saturated rings. The van der Waals surface area contributed by atoms with Crippen molar-refractivity contribution in [1.82, 2.24) is 24.9 Å². The third kappa shape index (κ3) is 3.08. The van der Waals surface area contributed by atoms with Crippen molar-refractivity contribution in [3.63, 3.8) is 0 Å². The molecule has 5 heteroatoms. The maximum Gasteiger partial charge on any atom is 0.155 e. The molecule has 108 valence electrons. The highest BCUT2D eigenvalue weighted by atomic mass is 15.2. The first-order chi connectivity index (χ1) is 10.3. The summed E-state index contributed by atoms with van der Waals surface area (Å²) in [6.45, 7) is 5.64. The van der Waals surface area contributed by atoms with Gasteiger partial charge in [-0.05, 0) is 25.0 Å². The normalized spacial score (nSPS) is 11.1. The lowest BCUT2D eigenvalue weighted by Gasteiger charge is -2.08. The van der Waals surface area contributed by atoms with Gasteiger partial charge in [0.25, 0.3) is 0 Å². The molecule has 0 unspecified atom stereocenters. The Morgan fingerprint density at radius 2 is 2.14 bits per heavy atom. The first-order valence-electron chi connectivity index (χ1n) is 7.20. The van der Waals surface area contributed by atoms with E-state index in [1.54, 1.807) is 0 Å². The van der Waals surface area contributed by atoms with Crippen LogP contribution < -0.4 is 5.32 Å². The molecule has 0 aliphatic carbocycles. The molecule has 5 nitrogen and oxygen atoms in total. The van der Waals surface area contributed by atoms with Crippen LogP contribution in [0, 0.1) is 6.92 Å². The van der Waals surface area contributed by atoms with E-state index in [1.165, 1.54) is 5.56 Å². The van der Waals surface area contributed by atoms with Crippen molar-refractivity contribution in [3.05, 3.63) is 59.3 Å². The van der Waals surface area contributed by atoms with Crippen LogP contribution in [0.4, 0.5) is 0 Å². The number of fused-ring (bicyclic) bond motifs is 1. The summed E-state index contributed by atoms with van der Waals surface area (Å²) in [5.74, 6) is 0. The summed E-state index contributed by atoms with van der Waals surface area (Å²) >= 11 is 0. The number of aromatic nitrogens is 4. The monoisotopic (exact) mass is 281 g/mol. The fourth-order valence-corrected chi connectivity index (χ4v) is 2.40. The topological polar surface area (TPSA) is 55.1 Å². The van der Waals surface area contributed by atoms with Gasteiger partial charge in [0.2, 0.25) is 0 Å². The maximum atomic E-state index is 4.44. The molecule has 0 amide bonds. The summed E-state index contributed by atoms with van der Waals surface area (Å²) in [4.78, 5) is 8.84. The second kappa shape index (κ2) is 6.01. The van der Waals surface area contributed by atoms with Crippen LogP contribution in [-0.4, -0.2) is 19.6 Å². The molecule has 3 heterocycles. The minimum absolute atomic E-state index is 0.752. The van der Waals surface area contributed by atoms with E-state index < -0.39 is 0 Å². The van der Waals surface area contributed by atoms with Crippen molar-refractivity contribution in [2.24, 2.45) is 0 Å². The average Bonchev–Trinajstić information content (AvgIpc) is 2.87. The van der Waals surface area contributed by atoms with Crippen LogP contribution in [-0.2, 0) is 19.5 Å². The van der Waals surface area contributed by atoms with Gasteiger partial charge < -0.3 is 5.32 Å². The molecule has 0 saturated carbocycles. The Morgan fingerprint density at radius 3 is 3.00 bits per heavy atom. The van der Waals surface area contributed by atoms with Crippen molar-refractivity contribution in [3.8, 4) is 0 Å². The Kier molecular flexibility index (Phi) is 3.92. The second-order valence-corrected chi connectivity index (χ2v) is 5.12. The summed E-state index contributed by atoms with van der Waals surface area (Å²) in [6, 6.07) is 6.09. The first kappa shape index (κ1) is 13.7. The molecular formula is C16H19N5. The number of aryl methyl sites for hydroxylation is 2. The highest BCUT2D eigenvalue weighted by Gasteiger charge is 2.03. The molecule has 21 heavy (non-hydrogen) atoms. The van der Waals surface area contributed by atoms with Crippen molar-refractivity contribution in [2.45, 2.75) is 33.4 Å². The van der Waals surface area contributed by atoms with Gasteiger partial charge in [0, 0.05) is 43.3 Å². The van der Waals surface area contributed by atoms with Crippen LogP contribution in [0.2, 0.25) is 0 Å². The molecule has 0 aromatic carbocycles. The third-order valence-corrected chi connectivity index (χ3v) is 3.48. The zero-order chi connectivity index (χ0) is 14.7. The second-order valence-electron chi connectivity index (χ2n) is 5.12. The molecule has 0 saturated heterocycles. The van der Waals surface area contributed by atoms with Gasteiger partial charge in [-0.2, -0.15) is 5.10 Å². The van der Waals surface area contributed by atoms with E-state index in [0.29, 0.717) is 0 Å². The molecule has 0 spiro atoms. The Bertz CT molecular complexity index is 747. The number of pyridine rings is 1. The van der Waals surface area contributed by atoms with Gasteiger partial charge in [-0.15, -0.1) is 0 Å². The lowest BCUT2D eigenvalue weighted by molar-refractivity contribution is 0.667. The number of rotatable bonds is 5. The van der Waals surface area contributed by atoms with Crippen LogP contribution in [0.3, 0.4) is 0 Å². The quantitative estimate of drug-likeness (QED) is 0.779. The van der Waals surface area contributed by atoms with Crippen LogP contribution in [0.5, 0.6) is 0 Å². The Balaban J connectivity index is 1.66. The van der Waals surface area contributed by atoms with Crippen LogP contribution in [0.15, 0.2) is 36.8 Å². The minimum Gasteiger partial charge on any atom is -0.307 e. The van der Waals surface area contributed by atoms with Gasteiger partial charge >= 0.3 is 0 Å². The van der Waals surface area contributed by atoms with Gasteiger partial charge in [-0.3, -0.25) is 4.98 Å². The summed E-state index contributed by atoms with van der Waals surface area (Å²) in [7, 11) is 0. The average molecular weight is 281 g/mol. The van der Waals surface area contributed by atoms with E-state index in [0.717, 1.165) is 42.1 Å². The van der Waals surface area contributed by atoms with Crippen molar-refractivity contribution in [2.75, 3.05) is 0 Å². The molecule has 3 rings (SSSR count). The van der Waals surface area contributed by atoms with Crippen molar-refractivity contribution >= 4 is 5.65 Å². The number of nitrogens with one attached hydrogen (secondary N) is 1. The first-order valence-corrected chi connectivity index (χ1v) is 7.20. The Morgan fingerprint density at radius 1 is 1.24 bits per heavy atom. The lowest BCUT2D eigenvalue weighted by atomic mass is 10.1. The maximum absolute atomic E-state index is 4.44. The SMILES string of the molecule is CCc1cccnc1CNCc1cnc2cc(C)nn2c1.